The van der Waals surface area contributed by atoms with Crippen LogP contribution in [0.25, 0.3) is 0 Å². The van der Waals surface area contributed by atoms with Crippen LogP contribution in [-0.2, 0) is 9.53 Å². The number of unbranched alkanes of at least 4 members (excludes halogenated alkanes) is 7. The van der Waals surface area contributed by atoms with Gasteiger partial charge in [-0.05, 0) is 18.4 Å². The van der Waals surface area contributed by atoms with Gasteiger partial charge in [-0.15, -0.1) is 0 Å². The Kier molecular flexibility index (Phi) is 12.0. The third-order valence-corrected chi connectivity index (χ3v) is 12.0. The Morgan fingerprint density at radius 2 is 1.38 bits per heavy atom. The Morgan fingerprint density at radius 3 is 1.94 bits per heavy atom. The molecule has 0 fully saturated rings. The lowest BCUT2D eigenvalue weighted by atomic mass is 10.0. The van der Waals surface area contributed by atoms with Crippen LogP contribution >= 0.6 is 0 Å². The molecule has 2 rings (SSSR count). The van der Waals surface area contributed by atoms with Gasteiger partial charge in [0.05, 0.1) is 16.9 Å². The van der Waals surface area contributed by atoms with E-state index in [0.29, 0.717) is 6.47 Å². The summed E-state index contributed by atoms with van der Waals surface area (Å²) in [5.74, 6) is 0. The number of ether oxygens (including phenoxy) is 1. The summed E-state index contributed by atoms with van der Waals surface area (Å²) < 4.78 is 5.30. The van der Waals surface area contributed by atoms with Crippen molar-refractivity contribution < 1.29 is 9.53 Å². The summed E-state index contributed by atoms with van der Waals surface area (Å²) in [6.07, 6.45) is 11.2. The van der Waals surface area contributed by atoms with Crippen molar-refractivity contribution in [1.82, 2.24) is 0 Å². The summed E-state index contributed by atoms with van der Waals surface area (Å²) in [6, 6.07) is 21.1. The van der Waals surface area contributed by atoms with E-state index in [9.17, 15) is 4.79 Å². The number of hydrogen-bond acceptors (Lipinski definition) is 2. The molecule has 0 radical (unpaired) electrons. The second-order valence-corrected chi connectivity index (χ2v) is 18.0. The molecular formula is C28H44O2Si2. The minimum atomic E-state index is -1.29. The Labute approximate surface area is 199 Å². The Hall–Kier alpha value is -1.66. The van der Waals surface area contributed by atoms with Crippen molar-refractivity contribution in [2.45, 2.75) is 96.1 Å². The van der Waals surface area contributed by atoms with Gasteiger partial charge < -0.3 is 4.74 Å². The molecule has 0 saturated heterocycles. The van der Waals surface area contributed by atoms with Crippen LogP contribution in [0.1, 0.15) is 69.5 Å². The van der Waals surface area contributed by atoms with Gasteiger partial charge in [-0.2, -0.15) is 0 Å². The molecule has 0 aromatic heterocycles. The maximum Gasteiger partial charge on any atom is 0.293 e. The first-order chi connectivity index (χ1) is 15.4. The number of carbonyl (C=O) groups excluding carboxylic acids is 1. The van der Waals surface area contributed by atoms with Crippen molar-refractivity contribution in [2.24, 2.45) is 0 Å². The number of hydrogen-bond donors (Lipinski definition) is 0. The van der Waals surface area contributed by atoms with Crippen LogP contribution in [0.4, 0.5) is 0 Å². The van der Waals surface area contributed by atoms with Crippen LogP contribution in [0.5, 0.6) is 0 Å². The van der Waals surface area contributed by atoms with E-state index < -0.39 is 16.9 Å². The normalized spacial score (nSPS) is 12.7. The lowest BCUT2D eigenvalue weighted by Crippen LogP contribution is -2.42. The van der Waals surface area contributed by atoms with E-state index in [-0.39, 0.29) is 6.10 Å². The average molecular weight is 469 g/mol. The van der Waals surface area contributed by atoms with E-state index in [1.807, 2.05) is 30.3 Å². The van der Waals surface area contributed by atoms with Gasteiger partial charge in [0, 0.05) is 0 Å². The third-order valence-electron chi connectivity index (χ3n) is 6.77. The standard InChI is InChI=1S/C28H44O2Si2/c1-31(2)26-19-21-27(22-20-26)32(3,4)23-15-10-8-6-5-7-9-14-18-28(30-24-29)25-16-12-11-13-17-25/h11-13,16-17,19-22,24,28,31H,5-10,14-15,18,23H2,1-4H3. The summed E-state index contributed by atoms with van der Waals surface area (Å²) in [7, 11) is -1.97. The van der Waals surface area contributed by atoms with Crippen molar-refractivity contribution in [3.63, 3.8) is 0 Å². The largest absolute Gasteiger partial charge is 0.460 e. The van der Waals surface area contributed by atoms with Gasteiger partial charge in [-0.25, -0.2) is 0 Å². The van der Waals surface area contributed by atoms with Crippen molar-refractivity contribution in [2.75, 3.05) is 0 Å². The second-order valence-electron chi connectivity index (χ2n) is 10.2. The van der Waals surface area contributed by atoms with E-state index in [1.165, 1.54) is 51.0 Å². The average Bonchev–Trinajstić information content (AvgIpc) is 2.80. The maximum atomic E-state index is 10.8. The highest BCUT2D eigenvalue weighted by molar-refractivity contribution is 6.89. The van der Waals surface area contributed by atoms with Crippen LogP contribution in [0.2, 0.25) is 32.2 Å². The highest BCUT2D eigenvalue weighted by Crippen LogP contribution is 2.23. The quantitative estimate of drug-likeness (QED) is 0.155. The highest BCUT2D eigenvalue weighted by Gasteiger charge is 2.22. The molecule has 2 aromatic rings. The topological polar surface area (TPSA) is 26.3 Å². The highest BCUT2D eigenvalue weighted by atomic mass is 28.3. The molecule has 0 heterocycles. The molecule has 0 aliphatic carbocycles. The first-order valence-electron chi connectivity index (χ1n) is 12.7. The molecule has 0 aliphatic rings. The summed E-state index contributed by atoms with van der Waals surface area (Å²) in [5.41, 5.74) is 1.10. The monoisotopic (exact) mass is 468 g/mol. The van der Waals surface area contributed by atoms with Crippen LogP contribution < -0.4 is 10.4 Å². The van der Waals surface area contributed by atoms with Gasteiger partial charge in [0.25, 0.3) is 6.47 Å². The van der Waals surface area contributed by atoms with Crippen molar-refractivity contribution in [1.29, 1.82) is 0 Å². The molecule has 32 heavy (non-hydrogen) atoms. The second kappa shape index (κ2) is 14.5. The minimum Gasteiger partial charge on any atom is -0.460 e. The van der Waals surface area contributed by atoms with Crippen molar-refractivity contribution >= 4 is 33.7 Å². The molecule has 1 atom stereocenters. The SMILES string of the molecule is C[SiH](C)c1ccc([Si](C)(C)CCCCCCCCCCC(OC=O)c2ccccc2)cc1. The van der Waals surface area contributed by atoms with Gasteiger partial charge in [0.2, 0.25) is 0 Å². The van der Waals surface area contributed by atoms with Crippen molar-refractivity contribution in [3.8, 4) is 0 Å². The molecule has 2 aromatic carbocycles. The fourth-order valence-corrected chi connectivity index (χ4v) is 7.92. The number of benzene rings is 2. The Bertz CT molecular complexity index is 757. The fraction of sp³-hybridized carbons (Fsp3) is 0.536. The molecule has 0 amide bonds. The van der Waals surface area contributed by atoms with Gasteiger partial charge in [0.15, 0.2) is 0 Å². The molecule has 0 saturated carbocycles. The zero-order valence-corrected chi connectivity index (χ0v) is 23.0. The zero-order valence-electron chi connectivity index (χ0n) is 20.8. The minimum absolute atomic E-state index is 0.0927. The molecule has 0 N–H and O–H groups in total. The molecule has 0 spiro atoms. The summed E-state index contributed by atoms with van der Waals surface area (Å²) in [4.78, 5) is 10.8. The summed E-state index contributed by atoms with van der Waals surface area (Å²) >= 11 is 0. The van der Waals surface area contributed by atoms with E-state index >= 15 is 0 Å². The lowest BCUT2D eigenvalue weighted by molar-refractivity contribution is -0.134. The van der Waals surface area contributed by atoms with Crippen LogP contribution in [0.3, 0.4) is 0 Å². The smallest absolute Gasteiger partial charge is 0.293 e. The molecule has 4 heteroatoms. The van der Waals surface area contributed by atoms with Gasteiger partial charge in [-0.1, -0.05) is 142 Å². The summed E-state index contributed by atoms with van der Waals surface area (Å²) in [5, 5.41) is 3.22. The number of rotatable bonds is 16. The van der Waals surface area contributed by atoms with Crippen molar-refractivity contribution in [3.05, 3.63) is 60.2 Å². The van der Waals surface area contributed by atoms with E-state index in [2.05, 4.69) is 50.5 Å². The van der Waals surface area contributed by atoms with Crippen LogP contribution in [0.15, 0.2) is 54.6 Å². The van der Waals surface area contributed by atoms with E-state index in [0.717, 1.165) is 18.4 Å². The molecule has 2 nitrogen and oxygen atoms in total. The third kappa shape index (κ3) is 9.45. The first-order valence-corrected chi connectivity index (χ1v) is 18.8. The van der Waals surface area contributed by atoms with Gasteiger partial charge in [0.1, 0.15) is 6.10 Å². The molecule has 0 bridgehead atoms. The zero-order chi connectivity index (χ0) is 23.2. The first kappa shape index (κ1) is 26.6. The summed E-state index contributed by atoms with van der Waals surface area (Å²) in [6.45, 7) is 10.5. The van der Waals surface area contributed by atoms with E-state index in [1.54, 1.807) is 10.4 Å². The molecular weight excluding hydrogens is 424 g/mol. The molecule has 0 aliphatic heterocycles. The van der Waals surface area contributed by atoms with Crippen LogP contribution in [0, 0.1) is 0 Å². The number of carbonyl (C=O) groups is 1. The van der Waals surface area contributed by atoms with Crippen LogP contribution in [-0.4, -0.2) is 23.3 Å². The molecule has 176 valence electrons. The molecule has 1 unspecified atom stereocenters. The fourth-order valence-electron chi connectivity index (χ4n) is 4.47. The van der Waals surface area contributed by atoms with E-state index in [4.69, 9.17) is 4.74 Å². The Balaban J connectivity index is 1.54. The maximum absolute atomic E-state index is 10.8. The van der Waals surface area contributed by atoms with Gasteiger partial charge in [-0.3, -0.25) is 4.79 Å². The predicted molar refractivity (Wildman–Crippen MR) is 145 cm³/mol. The van der Waals surface area contributed by atoms with Gasteiger partial charge >= 0.3 is 0 Å². The Morgan fingerprint density at radius 1 is 0.812 bits per heavy atom. The lowest BCUT2D eigenvalue weighted by Gasteiger charge is -2.23. The predicted octanol–water partition coefficient (Wildman–Crippen LogP) is 6.72.